The molecule has 7 nitrogen and oxygen atoms in total. The predicted molar refractivity (Wildman–Crippen MR) is 106 cm³/mol. The van der Waals surface area contributed by atoms with Crippen LogP contribution >= 0.6 is 0 Å². The van der Waals surface area contributed by atoms with Crippen molar-refractivity contribution in [2.75, 3.05) is 17.1 Å². The van der Waals surface area contributed by atoms with Crippen LogP contribution in [0.2, 0.25) is 0 Å². The molecular formula is C19H25N3O4S. The summed E-state index contributed by atoms with van der Waals surface area (Å²) in [6.45, 7) is 3.62. The Balaban J connectivity index is 2.30. The first-order valence-electron chi connectivity index (χ1n) is 8.61. The molecule has 4 N–H and O–H groups in total. The molecule has 0 saturated heterocycles. The van der Waals surface area contributed by atoms with Gasteiger partial charge in [-0.05, 0) is 43.2 Å². The number of benzene rings is 2. The van der Waals surface area contributed by atoms with E-state index in [1.54, 1.807) is 43.3 Å². The van der Waals surface area contributed by atoms with Gasteiger partial charge in [0.1, 0.15) is 5.75 Å². The molecule has 0 spiro atoms. The number of aryl methyl sites for hydroxylation is 1. The number of anilines is 2. The number of nitrogens with one attached hydrogen (secondary N) is 2. The molecule has 1 unspecified atom stereocenters. The van der Waals surface area contributed by atoms with Crippen molar-refractivity contribution in [3.05, 3.63) is 48.0 Å². The molecule has 2 aromatic rings. The first-order valence-corrected chi connectivity index (χ1v) is 10.1. The van der Waals surface area contributed by atoms with Gasteiger partial charge >= 0.3 is 0 Å². The molecule has 0 radical (unpaired) electrons. The quantitative estimate of drug-likeness (QED) is 0.641. The summed E-state index contributed by atoms with van der Waals surface area (Å²) < 4.78 is 33.4. The molecule has 0 bridgehead atoms. The minimum absolute atomic E-state index is 0.0651. The second kappa shape index (κ2) is 8.88. The Morgan fingerprint density at radius 2 is 1.93 bits per heavy atom. The predicted octanol–water partition coefficient (Wildman–Crippen LogP) is 2.87. The van der Waals surface area contributed by atoms with Crippen LogP contribution in [0, 0.1) is 6.92 Å². The number of nitrogens with two attached hydrogens (primary N) is 1. The van der Waals surface area contributed by atoms with Crippen molar-refractivity contribution in [3.63, 3.8) is 0 Å². The normalized spacial score (nSPS) is 12.3. The van der Waals surface area contributed by atoms with Crippen LogP contribution in [0.3, 0.4) is 0 Å². The number of carbonyl (C=O) groups is 1. The molecule has 0 aliphatic carbocycles. The fraction of sp³-hybridized carbons (Fsp3) is 0.316. The lowest BCUT2D eigenvalue weighted by molar-refractivity contribution is -0.117. The fourth-order valence-electron chi connectivity index (χ4n) is 2.57. The lowest BCUT2D eigenvalue weighted by Crippen LogP contribution is -2.35. The Labute approximate surface area is 160 Å². The van der Waals surface area contributed by atoms with Crippen molar-refractivity contribution in [1.29, 1.82) is 0 Å². The highest BCUT2D eigenvalue weighted by Gasteiger charge is 2.20. The summed E-state index contributed by atoms with van der Waals surface area (Å²) in [5, 5.41) is 2.67. The Morgan fingerprint density at radius 3 is 2.59 bits per heavy atom. The highest BCUT2D eigenvalue weighted by molar-refractivity contribution is 7.92. The van der Waals surface area contributed by atoms with Crippen molar-refractivity contribution in [2.24, 2.45) is 5.73 Å². The molecule has 2 aromatic carbocycles. The van der Waals surface area contributed by atoms with E-state index in [1.807, 2.05) is 6.92 Å². The van der Waals surface area contributed by atoms with Gasteiger partial charge in [-0.15, -0.1) is 0 Å². The molecule has 1 atom stereocenters. The molecule has 27 heavy (non-hydrogen) atoms. The van der Waals surface area contributed by atoms with Crippen LogP contribution < -0.4 is 20.5 Å². The number of ether oxygens (including phenoxy) is 1. The molecule has 0 aliphatic rings. The molecule has 146 valence electrons. The summed E-state index contributed by atoms with van der Waals surface area (Å²) in [5.74, 6) is 0.0652. The van der Waals surface area contributed by atoms with Crippen molar-refractivity contribution < 1.29 is 17.9 Å². The first-order chi connectivity index (χ1) is 12.8. The van der Waals surface area contributed by atoms with Crippen molar-refractivity contribution in [1.82, 2.24) is 0 Å². The topological polar surface area (TPSA) is 111 Å². The molecule has 1 amide bonds. The van der Waals surface area contributed by atoms with Gasteiger partial charge in [0, 0.05) is 5.69 Å². The summed E-state index contributed by atoms with van der Waals surface area (Å²) in [6, 6.07) is 10.8. The number of carbonyl (C=O) groups excluding carboxylic acids is 1. The first kappa shape index (κ1) is 20.7. The average Bonchev–Trinajstić information content (AvgIpc) is 2.63. The molecule has 0 aliphatic heterocycles. The SMILES string of the molecule is CCCC(N)C(=O)Nc1ccc(C)c(S(=O)(=O)Nc2ccccc2OC)c1. The van der Waals surface area contributed by atoms with Crippen LogP contribution in [-0.2, 0) is 14.8 Å². The van der Waals surface area contributed by atoms with Gasteiger partial charge in [0.25, 0.3) is 10.0 Å². The maximum atomic E-state index is 12.9. The lowest BCUT2D eigenvalue weighted by atomic mass is 10.1. The van der Waals surface area contributed by atoms with Crippen LogP contribution in [0.25, 0.3) is 0 Å². The zero-order valence-corrected chi connectivity index (χ0v) is 16.5. The smallest absolute Gasteiger partial charge is 0.262 e. The van der Waals surface area contributed by atoms with Gasteiger partial charge in [-0.3, -0.25) is 9.52 Å². The molecule has 0 heterocycles. The number of methoxy groups -OCH3 is 1. The zero-order chi connectivity index (χ0) is 20.0. The average molecular weight is 391 g/mol. The zero-order valence-electron chi connectivity index (χ0n) is 15.7. The van der Waals surface area contributed by atoms with Crippen LogP contribution in [-0.4, -0.2) is 27.5 Å². The van der Waals surface area contributed by atoms with Gasteiger partial charge in [0.15, 0.2) is 0 Å². The Hall–Kier alpha value is -2.58. The molecular weight excluding hydrogens is 366 g/mol. The van der Waals surface area contributed by atoms with Crippen molar-refractivity contribution in [2.45, 2.75) is 37.6 Å². The Bertz CT molecular complexity index is 913. The number of sulfonamides is 1. The molecule has 8 heteroatoms. The van der Waals surface area contributed by atoms with Crippen LogP contribution in [0.4, 0.5) is 11.4 Å². The molecule has 0 fully saturated rings. The van der Waals surface area contributed by atoms with Gasteiger partial charge in [0.05, 0.1) is 23.7 Å². The van der Waals surface area contributed by atoms with Gasteiger partial charge in [0.2, 0.25) is 5.91 Å². The number of hydrogen-bond acceptors (Lipinski definition) is 5. The maximum absolute atomic E-state index is 12.9. The summed E-state index contributed by atoms with van der Waals surface area (Å²) in [4.78, 5) is 12.2. The highest BCUT2D eigenvalue weighted by atomic mass is 32.2. The molecule has 2 rings (SSSR count). The maximum Gasteiger partial charge on any atom is 0.262 e. The van der Waals surface area contributed by atoms with E-state index in [-0.39, 0.29) is 10.8 Å². The Morgan fingerprint density at radius 1 is 1.22 bits per heavy atom. The van der Waals surface area contributed by atoms with E-state index in [4.69, 9.17) is 10.5 Å². The number of hydrogen-bond donors (Lipinski definition) is 3. The fourth-order valence-corrected chi connectivity index (χ4v) is 3.92. The van der Waals surface area contributed by atoms with Crippen LogP contribution in [0.5, 0.6) is 5.75 Å². The second-order valence-electron chi connectivity index (χ2n) is 6.17. The second-order valence-corrected chi connectivity index (χ2v) is 7.82. The summed E-state index contributed by atoms with van der Waals surface area (Å²) >= 11 is 0. The standard InChI is InChI=1S/C19H25N3O4S/c1-4-7-15(20)19(23)21-14-11-10-13(2)18(12-14)27(24,25)22-16-8-5-6-9-17(16)26-3/h5-6,8-12,15,22H,4,7,20H2,1-3H3,(H,21,23). The van der Waals surface area contributed by atoms with Gasteiger partial charge in [-0.2, -0.15) is 0 Å². The van der Waals surface area contributed by atoms with E-state index in [2.05, 4.69) is 10.0 Å². The number of amides is 1. The van der Waals surface area contributed by atoms with E-state index >= 15 is 0 Å². The monoisotopic (exact) mass is 391 g/mol. The number of para-hydroxylation sites is 2. The Kier molecular flexibility index (Phi) is 6.81. The minimum Gasteiger partial charge on any atom is -0.495 e. The third-order valence-electron chi connectivity index (χ3n) is 4.03. The third-order valence-corrected chi connectivity index (χ3v) is 5.54. The van der Waals surface area contributed by atoms with E-state index in [9.17, 15) is 13.2 Å². The molecule has 0 saturated carbocycles. The van der Waals surface area contributed by atoms with Crippen LogP contribution in [0.1, 0.15) is 25.3 Å². The largest absolute Gasteiger partial charge is 0.495 e. The van der Waals surface area contributed by atoms with E-state index < -0.39 is 16.1 Å². The van der Waals surface area contributed by atoms with E-state index in [1.165, 1.54) is 13.2 Å². The van der Waals surface area contributed by atoms with Gasteiger partial charge in [-0.25, -0.2) is 8.42 Å². The number of rotatable bonds is 8. The lowest BCUT2D eigenvalue weighted by Gasteiger charge is -2.15. The van der Waals surface area contributed by atoms with Crippen molar-refractivity contribution in [3.8, 4) is 5.75 Å². The summed E-state index contributed by atoms with van der Waals surface area (Å²) in [5.41, 5.74) is 7.06. The summed E-state index contributed by atoms with van der Waals surface area (Å²) in [7, 11) is -2.41. The van der Waals surface area contributed by atoms with E-state index in [0.29, 0.717) is 29.1 Å². The minimum atomic E-state index is -3.88. The highest BCUT2D eigenvalue weighted by Crippen LogP contribution is 2.28. The molecule has 0 aromatic heterocycles. The van der Waals surface area contributed by atoms with E-state index in [0.717, 1.165) is 6.42 Å². The van der Waals surface area contributed by atoms with Crippen LogP contribution in [0.15, 0.2) is 47.4 Å². The summed E-state index contributed by atoms with van der Waals surface area (Å²) in [6.07, 6.45) is 1.34. The van der Waals surface area contributed by atoms with Gasteiger partial charge < -0.3 is 15.8 Å². The van der Waals surface area contributed by atoms with Crippen molar-refractivity contribution >= 4 is 27.3 Å². The third kappa shape index (κ3) is 5.21. The van der Waals surface area contributed by atoms with Gasteiger partial charge in [-0.1, -0.05) is 31.5 Å².